The Morgan fingerprint density at radius 3 is 2.94 bits per heavy atom. The van der Waals surface area contributed by atoms with Gasteiger partial charge in [0.05, 0.1) is 11.6 Å². The second-order valence-corrected chi connectivity index (χ2v) is 10.4. The number of hydrogen-bond acceptors (Lipinski definition) is 6. The van der Waals surface area contributed by atoms with E-state index in [1.54, 1.807) is 18.0 Å². The molecule has 4 rings (SSSR count). The van der Waals surface area contributed by atoms with E-state index in [0.717, 1.165) is 77.5 Å². The molecular formula is C25H29BrN6S. The Bertz CT molecular complexity index is 1140. The maximum absolute atomic E-state index is 9.41. The van der Waals surface area contributed by atoms with Gasteiger partial charge in [-0.05, 0) is 84.4 Å². The number of pyridine rings is 1. The van der Waals surface area contributed by atoms with E-state index in [1.165, 1.54) is 11.1 Å². The fourth-order valence-electron chi connectivity index (χ4n) is 4.63. The summed E-state index contributed by atoms with van der Waals surface area (Å²) in [5, 5.41) is 19.1. The van der Waals surface area contributed by atoms with Crippen LogP contribution < -0.4 is 0 Å². The molecule has 0 aliphatic heterocycles. The quantitative estimate of drug-likeness (QED) is 0.280. The molecule has 0 bridgehead atoms. The summed E-state index contributed by atoms with van der Waals surface area (Å²) in [5.74, 6) is 1.83. The summed E-state index contributed by atoms with van der Waals surface area (Å²) < 4.78 is 2.98. The van der Waals surface area contributed by atoms with Gasteiger partial charge in [-0.25, -0.2) is 0 Å². The van der Waals surface area contributed by atoms with Gasteiger partial charge in [-0.15, -0.1) is 10.2 Å². The number of fused-ring (bicyclic) bond motifs is 1. The van der Waals surface area contributed by atoms with Crippen molar-refractivity contribution in [2.24, 2.45) is 7.05 Å². The van der Waals surface area contributed by atoms with E-state index < -0.39 is 0 Å². The van der Waals surface area contributed by atoms with Gasteiger partial charge in [0.2, 0.25) is 0 Å². The zero-order chi connectivity index (χ0) is 23.2. The van der Waals surface area contributed by atoms with Crippen molar-refractivity contribution in [1.82, 2.24) is 24.6 Å². The van der Waals surface area contributed by atoms with Crippen molar-refractivity contribution >= 4 is 27.7 Å². The molecule has 0 amide bonds. The lowest BCUT2D eigenvalue weighted by atomic mass is 9.85. The van der Waals surface area contributed by atoms with E-state index >= 15 is 0 Å². The second kappa shape index (κ2) is 11.3. The summed E-state index contributed by atoms with van der Waals surface area (Å²) in [6.45, 7) is 4.45. The van der Waals surface area contributed by atoms with Crippen LogP contribution in [0.3, 0.4) is 0 Å². The monoisotopic (exact) mass is 524 g/mol. The second-order valence-electron chi connectivity index (χ2n) is 8.45. The standard InChI is InChI=1S/C25H29BrN6S/c1-3-10-32(22-8-9-23-18(14-22)6-4-7-19(23)15-27)11-5-12-33-25-30-29-24(31(25)2)20-13-21(26)17-28-16-20/h4,6-7,13,16-17,22H,3,5,8-12,14H2,1-2H3. The molecule has 0 spiro atoms. The lowest BCUT2D eigenvalue weighted by molar-refractivity contribution is 0.180. The summed E-state index contributed by atoms with van der Waals surface area (Å²) in [5.41, 5.74) is 4.43. The molecular weight excluding hydrogens is 496 g/mol. The van der Waals surface area contributed by atoms with Crippen LogP contribution in [0.1, 0.15) is 42.9 Å². The number of nitrogens with zero attached hydrogens (tertiary/aromatic N) is 6. The molecule has 33 heavy (non-hydrogen) atoms. The summed E-state index contributed by atoms with van der Waals surface area (Å²) in [6.07, 6.45) is 9.02. The van der Waals surface area contributed by atoms with E-state index in [1.807, 2.05) is 36.0 Å². The highest BCUT2D eigenvalue weighted by Crippen LogP contribution is 2.28. The van der Waals surface area contributed by atoms with Crippen LogP contribution in [0.2, 0.25) is 0 Å². The number of nitriles is 1. The Kier molecular flexibility index (Phi) is 8.18. The smallest absolute Gasteiger partial charge is 0.191 e. The van der Waals surface area contributed by atoms with Gasteiger partial charge >= 0.3 is 0 Å². The minimum atomic E-state index is 0.557. The molecule has 1 aliphatic rings. The van der Waals surface area contributed by atoms with Gasteiger partial charge in [0.15, 0.2) is 11.0 Å². The van der Waals surface area contributed by atoms with Crippen molar-refractivity contribution in [3.8, 4) is 17.5 Å². The van der Waals surface area contributed by atoms with Crippen molar-refractivity contribution in [3.63, 3.8) is 0 Å². The number of rotatable bonds is 9. The maximum atomic E-state index is 9.41. The highest BCUT2D eigenvalue weighted by molar-refractivity contribution is 9.10. The SMILES string of the molecule is CCCN(CCCSc1nnc(-c2cncc(Br)c2)n1C)C1CCc2c(C#N)cccc2C1. The molecule has 6 nitrogen and oxygen atoms in total. The summed E-state index contributed by atoms with van der Waals surface area (Å²) in [4.78, 5) is 6.89. The fraction of sp³-hybridized carbons (Fsp3) is 0.440. The van der Waals surface area contributed by atoms with Crippen molar-refractivity contribution in [2.45, 2.75) is 50.2 Å². The number of benzene rings is 1. The zero-order valence-corrected chi connectivity index (χ0v) is 21.6. The molecule has 0 N–H and O–H groups in total. The van der Waals surface area contributed by atoms with E-state index in [2.05, 4.69) is 55.1 Å². The zero-order valence-electron chi connectivity index (χ0n) is 19.2. The predicted molar refractivity (Wildman–Crippen MR) is 136 cm³/mol. The Labute approximate surface area is 208 Å². The highest BCUT2D eigenvalue weighted by atomic mass is 79.9. The molecule has 1 aliphatic carbocycles. The van der Waals surface area contributed by atoms with Crippen LogP contribution in [0.15, 0.2) is 46.3 Å². The number of aromatic nitrogens is 4. The average Bonchev–Trinajstić information content (AvgIpc) is 3.20. The first kappa shape index (κ1) is 23.9. The van der Waals surface area contributed by atoms with Crippen LogP contribution in [0.5, 0.6) is 0 Å². The molecule has 172 valence electrons. The van der Waals surface area contributed by atoms with Crippen molar-refractivity contribution in [3.05, 3.63) is 57.8 Å². The van der Waals surface area contributed by atoms with Crippen molar-refractivity contribution in [2.75, 3.05) is 18.8 Å². The van der Waals surface area contributed by atoms with Crippen LogP contribution in [0.25, 0.3) is 11.4 Å². The number of halogens is 1. The van der Waals surface area contributed by atoms with Crippen LogP contribution in [0, 0.1) is 11.3 Å². The number of thioether (sulfide) groups is 1. The van der Waals surface area contributed by atoms with Gasteiger partial charge in [0, 0.05) is 41.3 Å². The molecule has 0 fully saturated rings. The lowest BCUT2D eigenvalue weighted by Gasteiger charge is -2.35. The minimum absolute atomic E-state index is 0.557. The summed E-state index contributed by atoms with van der Waals surface area (Å²) in [6, 6.07) is 11.1. The first-order chi connectivity index (χ1) is 16.1. The van der Waals surface area contributed by atoms with Crippen LogP contribution in [-0.4, -0.2) is 49.5 Å². The average molecular weight is 526 g/mol. The van der Waals surface area contributed by atoms with E-state index in [0.29, 0.717) is 6.04 Å². The molecule has 0 radical (unpaired) electrons. The summed E-state index contributed by atoms with van der Waals surface area (Å²) >= 11 is 5.23. The van der Waals surface area contributed by atoms with Gasteiger partial charge in [0.25, 0.3) is 0 Å². The van der Waals surface area contributed by atoms with Crippen LogP contribution in [-0.2, 0) is 19.9 Å². The molecule has 1 unspecified atom stereocenters. The maximum Gasteiger partial charge on any atom is 0.191 e. The van der Waals surface area contributed by atoms with Gasteiger partial charge in [-0.3, -0.25) is 4.98 Å². The molecule has 2 aromatic heterocycles. The normalized spacial score (nSPS) is 15.4. The highest BCUT2D eigenvalue weighted by Gasteiger charge is 2.25. The molecule has 2 heterocycles. The number of hydrogen-bond donors (Lipinski definition) is 0. The van der Waals surface area contributed by atoms with Crippen LogP contribution >= 0.6 is 27.7 Å². The first-order valence-corrected chi connectivity index (χ1v) is 13.3. The van der Waals surface area contributed by atoms with Gasteiger partial charge in [0.1, 0.15) is 0 Å². The third-order valence-electron chi connectivity index (χ3n) is 6.22. The van der Waals surface area contributed by atoms with Gasteiger partial charge in [-0.2, -0.15) is 5.26 Å². The summed E-state index contributed by atoms with van der Waals surface area (Å²) in [7, 11) is 2.01. The van der Waals surface area contributed by atoms with E-state index in [4.69, 9.17) is 0 Å². The largest absolute Gasteiger partial charge is 0.305 e. The molecule has 3 aromatic rings. The Balaban J connectivity index is 1.33. The van der Waals surface area contributed by atoms with Crippen molar-refractivity contribution < 1.29 is 0 Å². The Morgan fingerprint density at radius 2 is 2.15 bits per heavy atom. The van der Waals surface area contributed by atoms with Crippen LogP contribution in [0.4, 0.5) is 0 Å². The predicted octanol–water partition coefficient (Wildman–Crippen LogP) is 5.26. The van der Waals surface area contributed by atoms with E-state index in [9.17, 15) is 5.26 Å². The Hall–Kier alpha value is -2.21. The molecule has 0 saturated carbocycles. The van der Waals surface area contributed by atoms with Gasteiger partial charge < -0.3 is 9.47 Å². The van der Waals surface area contributed by atoms with Gasteiger partial charge in [-0.1, -0.05) is 30.8 Å². The molecule has 1 atom stereocenters. The third kappa shape index (κ3) is 5.65. The molecule has 0 saturated heterocycles. The topological polar surface area (TPSA) is 70.6 Å². The first-order valence-electron chi connectivity index (χ1n) is 11.5. The van der Waals surface area contributed by atoms with Crippen molar-refractivity contribution in [1.29, 1.82) is 5.26 Å². The molecule has 8 heteroatoms. The fourth-order valence-corrected chi connectivity index (χ4v) is 5.83. The Morgan fingerprint density at radius 1 is 1.27 bits per heavy atom. The lowest BCUT2D eigenvalue weighted by Crippen LogP contribution is -2.40. The molecule has 1 aromatic carbocycles. The minimum Gasteiger partial charge on any atom is -0.305 e. The van der Waals surface area contributed by atoms with E-state index in [-0.39, 0.29) is 0 Å². The third-order valence-corrected chi connectivity index (χ3v) is 7.76.